The van der Waals surface area contributed by atoms with Gasteiger partial charge in [0.05, 0.1) is 23.0 Å². The molecular weight excluding hydrogens is 406 g/mol. The Hall–Kier alpha value is -3.42. The first-order valence-corrected chi connectivity index (χ1v) is 10.8. The maximum atomic E-state index is 12.6. The molecule has 156 valence electrons. The number of amides is 1. The smallest absolute Gasteiger partial charge is 0.252 e. The van der Waals surface area contributed by atoms with Crippen LogP contribution in [0.25, 0.3) is 23.2 Å². The predicted octanol–water partition coefficient (Wildman–Crippen LogP) is 4.16. The molecule has 0 radical (unpaired) electrons. The van der Waals surface area contributed by atoms with Crippen LogP contribution in [0.2, 0.25) is 0 Å². The van der Waals surface area contributed by atoms with Crippen molar-refractivity contribution in [2.24, 2.45) is 0 Å². The van der Waals surface area contributed by atoms with Crippen LogP contribution in [0, 0.1) is 0 Å². The van der Waals surface area contributed by atoms with Gasteiger partial charge in [-0.1, -0.05) is 36.0 Å². The van der Waals surface area contributed by atoms with Crippen molar-refractivity contribution in [3.8, 4) is 0 Å². The summed E-state index contributed by atoms with van der Waals surface area (Å²) in [6, 6.07) is 19.6. The van der Waals surface area contributed by atoms with Crippen LogP contribution in [-0.4, -0.2) is 40.8 Å². The minimum Gasteiger partial charge on any atom is -0.351 e. The molecule has 2 aromatic carbocycles. The minimum atomic E-state index is -0.0669. The molecule has 1 amide bonds. The van der Waals surface area contributed by atoms with Crippen molar-refractivity contribution in [2.45, 2.75) is 9.79 Å². The molecule has 2 heterocycles. The number of carbonyl (C=O) groups is 1. The van der Waals surface area contributed by atoms with E-state index in [0.717, 1.165) is 32.9 Å². The van der Waals surface area contributed by atoms with Gasteiger partial charge in [0.1, 0.15) is 0 Å². The van der Waals surface area contributed by atoms with Crippen molar-refractivity contribution in [3.05, 3.63) is 84.3 Å². The van der Waals surface area contributed by atoms with Crippen LogP contribution in [0.5, 0.6) is 0 Å². The van der Waals surface area contributed by atoms with E-state index >= 15 is 0 Å². The minimum absolute atomic E-state index is 0.0669. The SMILES string of the molecule is CNCCNC(=O)c1ccccc1Sc1ccc2cnn(C=Cc3ccccn3)c2c1. The number of aromatic nitrogens is 3. The van der Waals surface area contributed by atoms with Gasteiger partial charge in [0, 0.05) is 40.7 Å². The molecular formula is C24H23N5OS. The second kappa shape index (κ2) is 10.1. The van der Waals surface area contributed by atoms with Crippen molar-refractivity contribution in [3.63, 3.8) is 0 Å². The fourth-order valence-electron chi connectivity index (χ4n) is 3.09. The number of fused-ring (bicyclic) bond motifs is 1. The second-order valence-corrected chi connectivity index (χ2v) is 7.95. The van der Waals surface area contributed by atoms with Crippen molar-refractivity contribution in [2.75, 3.05) is 20.1 Å². The normalized spacial score (nSPS) is 11.3. The van der Waals surface area contributed by atoms with E-state index in [1.165, 1.54) is 0 Å². The van der Waals surface area contributed by atoms with Gasteiger partial charge in [-0.2, -0.15) is 5.10 Å². The molecule has 2 aromatic heterocycles. The van der Waals surface area contributed by atoms with E-state index in [9.17, 15) is 4.79 Å². The molecule has 4 aromatic rings. The maximum Gasteiger partial charge on any atom is 0.252 e. The van der Waals surface area contributed by atoms with Gasteiger partial charge in [-0.15, -0.1) is 0 Å². The van der Waals surface area contributed by atoms with Gasteiger partial charge in [0.25, 0.3) is 5.91 Å². The van der Waals surface area contributed by atoms with E-state index in [4.69, 9.17) is 0 Å². The molecule has 6 nitrogen and oxygen atoms in total. The maximum absolute atomic E-state index is 12.6. The van der Waals surface area contributed by atoms with Crippen LogP contribution in [0.15, 0.2) is 82.8 Å². The standard InChI is InChI=1S/C24H23N5OS/c1-25-13-14-27-24(30)21-7-2-3-8-23(21)31-20-10-9-18-17-28-29(22(18)16-20)15-11-19-6-4-5-12-26-19/h2-12,15-17,25H,13-14H2,1H3,(H,27,30). The summed E-state index contributed by atoms with van der Waals surface area (Å²) >= 11 is 1.57. The first-order valence-electron chi connectivity index (χ1n) is 10.0. The van der Waals surface area contributed by atoms with Gasteiger partial charge in [0.15, 0.2) is 0 Å². The van der Waals surface area contributed by atoms with E-state index in [1.807, 2.05) is 78.7 Å². The lowest BCUT2D eigenvalue weighted by Gasteiger charge is -2.10. The van der Waals surface area contributed by atoms with Crippen LogP contribution in [0.1, 0.15) is 16.1 Å². The van der Waals surface area contributed by atoms with Crippen LogP contribution in [0.3, 0.4) is 0 Å². The van der Waals surface area contributed by atoms with Gasteiger partial charge >= 0.3 is 0 Å². The Labute approximate surface area is 185 Å². The zero-order valence-corrected chi connectivity index (χ0v) is 18.0. The molecule has 0 atom stereocenters. The van der Waals surface area contributed by atoms with Crippen LogP contribution in [0.4, 0.5) is 0 Å². The zero-order valence-electron chi connectivity index (χ0n) is 17.2. The average Bonchev–Trinajstić information content (AvgIpc) is 3.21. The molecule has 0 unspecified atom stereocenters. The fraction of sp³-hybridized carbons (Fsp3) is 0.125. The molecule has 7 heteroatoms. The molecule has 4 rings (SSSR count). The van der Waals surface area contributed by atoms with Gasteiger partial charge in [-0.05, 0) is 49.5 Å². The van der Waals surface area contributed by atoms with Crippen LogP contribution < -0.4 is 10.6 Å². The highest BCUT2D eigenvalue weighted by Gasteiger charge is 2.12. The monoisotopic (exact) mass is 429 g/mol. The van der Waals surface area contributed by atoms with E-state index in [-0.39, 0.29) is 5.91 Å². The Kier molecular flexibility index (Phi) is 6.76. The Morgan fingerprint density at radius 2 is 1.97 bits per heavy atom. The Morgan fingerprint density at radius 3 is 2.81 bits per heavy atom. The number of benzene rings is 2. The summed E-state index contributed by atoms with van der Waals surface area (Å²) in [5.41, 5.74) is 2.54. The van der Waals surface area contributed by atoms with Gasteiger partial charge < -0.3 is 10.6 Å². The summed E-state index contributed by atoms with van der Waals surface area (Å²) in [4.78, 5) is 18.9. The molecule has 0 fully saturated rings. The second-order valence-electron chi connectivity index (χ2n) is 6.84. The third-order valence-corrected chi connectivity index (χ3v) is 5.73. The van der Waals surface area contributed by atoms with Gasteiger partial charge in [-0.3, -0.25) is 9.78 Å². The van der Waals surface area contributed by atoms with Crippen molar-refractivity contribution < 1.29 is 4.79 Å². The Balaban J connectivity index is 1.57. The number of carbonyl (C=O) groups excluding carboxylic acids is 1. The number of hydrogen-bond acceptors (Lipinski definition) is 5. The van der Waals surface area contributed by atoms with Crippen molar-refractivity contribution >= 4 is 40.8 Å². The number of hydrogen-bond donors (Lipinski definition) is 2. The highest BCUT2D eigenvalue weighted by Crippen LogP contribution is 2.32. The van der Waals surface area contributed by atoms with Gasteiger partial charge in [0.2, 0.25) is 0 Å². The van der Waals surface area contributed by atoms with E-state index in [1.54, 1.807) is 18.0 Å². The fourth-order valence-corrected chi connectivity index (χ4v) is 4.07. The topological polar surface area (TPSA) is 71.8 Å². The lowest BCUT2D eigenvalue weighted by Crippen LogP contribution is -2.30. The van der Waals surface area contributed by atoms with Crippen molar-refractivity contribution in [1.29, 1.82) is 0 Å². The molecule has 0 spiro atoms. The Morgan fingerprint density at radius 1 is 1.10 bits per heavy atom. The first kappa shape index (κ1) is 20.8. The largest absolute Gasteiger partial charge is 0.351 e. The first-order chi connectivity index (χ1) is 15.2. The third kappa shape index (κ3) is 5.20. The average molecular weight is 430 g/mol. The van der Waals surface area contributed by atoms with E-state index in [0.29, 0.717) is 12.1 Å². The highest BCUT2D eigenvalue weighted by molar-refractivity contribution is 7.99. The lowest BCUT2D eigenvalue weighted by molar-refractivity contribution is 0.0951. The summed E-state index contributed by atoms with van der Waals surface area (Å²) in [5.74, 6) is -0.0669. The summed E-state index contributed by atoms with van der Waals surface area (Å²) in [5, 5.41) is 11.5. The number of rotatable bonds is 8. The summed E-state index contributed by atoms with van der Waals surface area (Å²) in [6.45, 7) is 1.32. The molecule has 0 aliphatic heterocycles. The van der Waals surface area contributed by atoms with Crippen LogP contribution >= 0.6 is 11.8 Å². The molecule has 2 N–H and O–H groups in total. The van der Waals surface area contributed by atoms with E-state index in [2.05, 4.69) is 32.8 Å². The number of nitrogens with zero attached hydrogens (tertiary/aromatic N) is 3. The van der Waals surface area contributed by atoms with E-state index < -0.39 is 0 Å². The highest BCUT2D eigenvalue weighted by atomic mass is 32.2. The molecule has 0 aliphatic rings. The summed E-state index contributed by atoms with van der Waals surface area (Å²) < 4.78 is 1.84. The molecule has 0 saturated heterocycles. The molecule has 0 aliphatic carbocycles. The van der Waals surface area contributed by atoms with Crippen LogP contribution in [-0.2, 0) is 0 Å². The van der Waals surface area contributed by atoms with Crippen molar-refractivity contribution in [1.82, 2.24) is 25.4 Å². The number of nitrogens with one attached hydrogen (secondary N) is 2. The third-order valence-electron chi connectivity index (χ3n) is 4.66. The summed E-state index contributed by atoms with van der Waals surface area (Å²) in [6.07, 6.45) is 7.44. The van der Waals surface area contributed by atoms with Gasteiger partial charge in [-0.25, -0.2) is 4.68 Å². The quantitative estimate of drug-likeness (QED) is 0.412. The number of likely N-dealkylation sites (N-methyl/N-ethyl adjacent to an activating group) is 1. The summed E-state index contributed by atoms with van der Waals surface area (Å²) in [7, 11) is 1.86. The molecule has 0 saturated carbocycles. The predicted molar refractivity (Wildman–Crippen MR) is 126 cm³/mol. The molecule has 0 bridgehead atoms. The zero-order chi connectivity index (χ0) is 21.5. The lowest BCUT2D eigenvalue weighted by atomic mass is 10.2. The Bertz CT molecular complexity index is 1200. The molecule has 31 heavy (non-hydrogen) atoms. The number of pyridine rings is 1.